The second-order valence-electron chi connectivity index (χ2n) is 4.94. The van der Waals surface area contributed by atoms with Crippen molar-refractivity contribution < 1.29 is 5.11 Å². The smallest absolute Gasteiger partial charge is 0.0437 e. The molecule has 0 fully saturated rings. The lowest BCUT2D eigenvalue weighted by molar-refractivity contribution is 0.250. The molecule has 1 rings (SSSR count). The molecule has 0 aliphatic rings. The highest BCUT2D eigenvalue weighted by atomic mass is 16.3. The maximum absolute atomic E-state index is 9.17. The Bertz CT molecular complexity index is 328. The average molecular weight is 221 g/mol. The molecule has 3 N–H and O–H groups in total. The van der Waals surface area contributed by atoms with Crippen molar-refractivity contribution in [3.8, 4) is 0 Å². The van der Waals surface area contributed by atoms with Gasteiger partial charge in [-0.25, -0.2) is 0 Å². The molecule has 0 aliphatic carbocycles. The Morgan fingerprint density at radius 3 is 2.44 bits per heavy atom. The van der Waals surface area contributed by atoms with Gasteiger partial charge in [0.15, 0.2) is 0 Å². The SMILES string of the molecule is CCc1ccccc1C(CCO)C(C)(C)N. The van der Waals surface area contributed by atoms with Crippen molar-refractivity contribution in [2.75, 3.05) is 6.61 Å². The molecule has 0 radical (unpaired) electrons. The van der Waals surface area contributed by atoms with Crippen LogP contribution in [-0.2, 0) is 6.42 Å². The van der Waals surface area contributed by atoms with E-state index in [1.165, 1.54) is 11.1 Å². The molecule has 90 valence electrons. The number of aryl methyl sites for hydroxylation is 1. The van der Waals surface area contributed by atoms with Crippen LogP contribution in [0, 0.1) is 0 Å². The first-order chi connectivity index (χ1) is 7.50. The van der Waals surface area contributed by atoms with E-state index in [1.54, 1.807) is 0 Å². The van der Waals surface area contributed by atoms with Crippen molar-refractivity contribution in [3.63, 3.8) is 0 Å². The Morgan fingerprint density at radius 2 is 1.94 bits per heavy atom. The van der Waals surface area contributed by atoms with E-state index < -0.39 is 0 Å². The van der Waals surface area contributed by atoms with Crippen molar-refractivity contribution >= 4 is 0 Å². The number of hydrogen-bond donors (Lipinski definition) is 2. The normalized spacial score (nSPS) is 13.8. The maximum atomic E-state index is 9.17. The van der Waals surface area contributed by atoms with Crippen molar-refractivity contribution in [2.45, 2.75) is 45.1 Å². The molecule has 0 bridgehead atoms. The highest BCUT2D eigenvalue weighted by Gasteiger charge is 2.27. The van der Waals surface area contributed by atoms with Crippen molar-refractivity contribution in [3.05, 3.63) is 35.4 Å². The van der Waals surface area contributed by atoms with Gasteiger partial charge in [-0.15, -0.1) is 0 Å². The average Bonchev–Trinajstić information content (AvgIpc) is 2.24. The highest BCUT2D eigenvalue weighted by Crippen LogP contribution is 2.31. The third-order valence-electron chi connectivity index (χ3n) is 3.13. The lowest BCUT2D eigenvalue weighted by Crippen LogP contribution is -2.40. The van der Waals surface area contributed by atoms with Gasteiger partial charge in [0.1, 0.15) is 0 Å². The van der Waals surface area contributed by atoms with Crippen LogP contribution in [0.2, 0.25) is 0 Å². The zero-order valence-electron chi connectivity index (χ0n) is 10.5. The molecule has 0 aliphatic heterocycles. The second kappa shape index (κ2) is 5.46. The molecule has 1 atom stereocenters. The highest BCUT2D eigenvalue weighted by molar-refractivity contribution is 5.32. The molecule has 2 nitrogen and oxygen atoms in total. The van der Waals surface area contributed by atoms with E-state index in [-0.39, 0.29) is 18.1 Å². The number of aliphatic hydroxyl groups excluding tert-OH is 1. The van der Waals surface area contributed by atoms with Crippen LogP contribution < -0.4 is 5.73 Å². The Labute approximate surface area is 98.5 Å². The predicted molar refractivity (Wildman–Crippen MR) is 68.5 cm³/mol. The first-order valence-electron chi connectivity index (χ1n) is 5.98. The van der Waals surface area contributed by atoms with Crippen molar-refractivity contribution in [2.24, 2.45) is 5.73 Å². The monoisotopic (exact) mass is 221 g/mol. The lowest BCUT2D eigenvalue weighted by Gasteiger charge is -2.32. The number of nitrogens with two attached hydrogens (primary N) is 1. The van der Waals surface area contributed by atoms with Crippen LogP contribution in [-0.4, -0.2) is 17.3 Å². The van der Waals surface area contributed by atoms with Crippen LogP contribution in [0.1, 0.15) is 44.2 Å². The topological polar surface area (TPSA) is 46.2 Å². The molecule has 16 heavy (non-hydrogen) atoms. The molecule has 0 amide bonds. The van der Waals surface area contributed by atoms with Crippen LogP contribution in [0.3, 0.4) is 0 Å². The van der Waals surface area contributed by atoms with E-state index in [4.69, 9.17) is 10.8 Å². The summed E-state index contributed by atoms with van der Waals surface area (Å²) in [6.45, 7) is 6.39. The summed E-state index contributed by atoms with van der Waals surface area (Å²) in [5.74, 6) is 0.216. The number of rotatable bonds is 5. The summed E-state index contributed by atoms with van der Waals surface area (Å²) in [4.78, 5) is 0. The first-order valence-corrected chi connectivity index (χ1v) is 5.98. The minimum Gasteiger partial charge on any atom is -0.396 e. The van der Waals surface area contributed by atoms with Gasteiger partial charge in [-0.1, -0.05) is 31.2 Å². The zero-order valence-corrected chi connectivity index (χ0v) is 10.5. The van der Waals surface area contributed by atoms with Crippen LogP contribution >= 0.6 is 0 Å². The molecule has 0 heterocycles. The molecule has 0 spiro atoms. The van der Waals surface area contributed by atoms with Gasteiger partial charge in [0.2, 0.25) is 0 Å². The summed E-state index contributed by atoms with van der Waals surface area (Å²) >= 11 is 0. The molecular weight excluding hydrogens is 198 g/mol. The van der Waals surface area contributed by atoms with Gasteiger partial charge in [0.05, 0.1) is 0 Å². The van der Waals surface area contributed by atoms with E-state index in [0.29, 0.717) is 0 Å². The Morgan fingerprint density at radius 1 is 1.31 bits per heavy atom. The van der Waals surface area contributed by atoms with E-state index in [0.717, 1.165) is 12.8 Å². The molecule has 2 heteroatoms. The predicted octanol–water partition coefficient (Wildman–Crippen LogP) is 2.45. The van der Waals surface area contributed by atoms with Gasteiger partial charge >= 0.3 is 0 Å². The van der Waals surface area contributed by atoms with Gasteiger partial charge in [0, 0.05) is 18.1 Å². The quantitative estimate of drug-likeness (QED) is 0.802. The third kappa shape index (κ3) is 3.06. The van der Waals surface area contributed by atoms with E-state index in [1.807, 2.05) is 19.9 Å². The largest absolute Gasteiger partial charge is 0.396 e. The third-order valence-corrected chi connectivity index (χ3v) is 3.13. The minimum atomic E-state index is -0.298. The summed E-state index contributed by atoms with van der Waals surface area (Å²) < 4.78 is 0. The molecule has 1 unspecified atom stereocenters. The maximum Gasteiger partial charge on any atom is 0.0437 e. The van der Waals surface area contributed by atoms with E-state index >= 15 is 0 Å². The minimum absolute atomic E-state index is 0.184. The van der Waals surface area contributed by atoms with Gasteiger partial charge in [-0.3, -0.25) is 0 Å². The van der Waals surface area contributed by atoms with Gasteiger partial charge in [-0.2, -0.15) is 0 Å². The van der Waals surface area contributed by atoms with Crippen molar-refractivity contribution in [1.82, 2.24) is 0 Å². The standard InChI is InChI=1S/C14H23NO/c1-4-11-7-5-6-8-12(11)13(9-10-16)14(2,3)15/h5-8,13,16H,4,9-10,15H2,1-3H3. The first kappa shape index (κ1) is 13.2. The van der Waals surface area contributed by atoms with Gasteiger partial charge in [0.25, 0.3) is 0 Å². The van der Waals surface area contributed by atoms with Crippen LogP contribution in [0.25, 0.3) is 0 Å². The Hall–Kier alpha value is -0.860. The molecular formula is C14H23NO. The number of hydrogen-bond acceptors (Lipinski definition) is 2. The zero-order chi connectivity index (χ0) is 12.2. The van der Waals surface area contributed by atoms with Crippen LogP contribution in [0.5, 0.6) is 0 Å². The summed E-state index contributed by atoms with van der Waals surface area (Å²) in [5, 5.41) is 9.17. The fourth-order valence-electron chi connectivity index (χ4n) is 2.25. The fourth-order valence-corrected chi connectivity index (χ4v) is 2.25. The van der Waals surface area contributed by atoms with Gasteiger partial charge in [-0.05, 0) is 37.8 Å². The van der Waals surface area contributed by atoms with E-state index in [2.05, 4.69) is 25.1 Å². The van der Waals surface area contributed by atoms with Gasteiger partial charge < -0.3 is 10.8 Å². The molecule has 1 aromatic rings. The fraction of sp³-hybridized carbons (Fsp3) is 0.571. The van der Waals surface area contributed by atoms with E-state index in [9.17, 15) is 0 Å². The second-order valence-corrected chi connectivity index (χ2v) is 4.94. The summed E-state index contributed by atoms with van der Waals surface area (Å²) in [7, 11) is 0. The number of benzene rings is 1. The summed E-state index contributed by atoms with van der Waals surface area (Å²) in [6, 6.07) is 8.38. The molecule has 1 aromatic carbocycles. The Balaban J connectivity index is 3.10. The number of aliphatic hydroxyl groups is 1. The van der Waals surface area contributed by atoms with Crippen molar-refractivity contribution in [1.29, 1.82) is 0 Å². The molecule has 0 saturated carbocycles. The van der Waals surface area contributed by atoms with Crippen LogP contribution in [0.15, 0.2) is 24.3 Å². The lowest BCUT2D eigenvalue weighted by atomic mass is 9.78. The Kier molecular flexibility index (Phi) is 4.51. The summed E-state index contributed by atoms with van der Waals surface area (Å²) in [5.41, 5.74) is 8.53. The van der Waals surface area contributed by atoms with Crippen LogP contribution in [0.4, 0.5) is 0 Å². The molecule has 0 saturated heterocycles. The summed E-state index contributed by atoms with van der Waals surface area (Å²) in [6.07, 6.45) is 1.73. The molecule has 0 aromatic heterocycles.